The van der Waals surface area contributed by atoms with Gasteiger partial charge in [0.25, 0.3) is 0 Å². The molecule has 2 aromatic heterocycles. The Morgan fingerprint density at radius 2 is 1.29 bits per heavy atom. The Bertz CT molecular complexity index is 2540. The monoisotopic (exact) mass is 849 g/mol. The van der Waals surface area contributed by atoms with E-state index in [9.17, 15) is 0 Å². The van der Waals surface area contributed by atoms with Crippen LogP contribution in [-0.4, -0.2) is 9.97 Å². The Labute approximate surface area is 319 Å². The summed E-state index contributed by atoms with van der Waals surface area (Å²) in [6.07, 6.45) is 1.87. The minimum absolute atomic E-state index is 0. The number of aromatic nitrogens is 2. The van der Waals surface area contributed by atoms with Crippen molar-refractivity contribution in [3.8, 4) is 45.0 Å². The molecule has 8 aromatic rings. The molecule has 0 saturated carbocycles. The summed E-state index contributed by atoms with van der Waals surface area (Å²) in [7, 11) is 0. The van der Waals surface area contributed by atoms with Crippen LogP contribution in [0.15, 0.2) is 152 Å². The molecule has 0 atom stereocenters. The van der Waals surface area contributed by atoms with Crippen LogP contribution in [0.1, 0.15) is 39.1 Å². The molecule has 0 fully saturated rings. The van der Waals surface area contributed by atoms with Gasteiger partial charge in [-0.3, -0.25) is 9.97 Å². The quantitative estimate of drug-likeness (QED) is 0.156. The summed E-state index contributed by atoms with van der Waals surface area (Å²) >= 11 is 0. The van der Waals surface area contributed by atoms with E-state index in [0.717, 1.165) is 39.0 Å². The van der Waals surface area contributed by atoms with Crippen LogP contribution in [0.2, 0.25) is 0 Å². The predicted molar refractivity (Wildman–Crippen MR) is 206 cm³/mol. The fourth-order valence-electron chi connectivity index (χ4n) is 8.10. The van der Waals surface area contributed by atoms with Gasteiger partial charge in [0.05, 0.1) is 16.6 Å². The number of fused-ring (bicyclic) bond motifs is 4. The molecule has 0 aliphatic heterocycles. The van der Waals surface area contributed by atoms with Crippen LogP contribution in [0.5, 0.6) is 11.5 Å². The Morgan fingerprint density at radius 1 is 0.596 bits per heavy atom. The van der Waals surface area contributed by atoms with Crippen molar-refractivity contribution in [2.75, 3.05) is 0 Å². The molecule has 0 spiro atoms. The van der Waals surface area contributed by atoms with Crippen LogP contribution in [-0.2, 0) is 26.5 Å². The molecular weight excluding hydrogens is 816 g/mol. The first-order valence-electron chi connectivity index (χ1n) is 17.3. The second-order valence-corrected chi connectivity index (χ2v) is 13.4. The van der Waals surface area contributed by atoms with E-state index in [0.29, 0.717) is 11.5 Å². The summed E-state index contributed by atoms with van der Waals surface area (Å²) in [5.41, 5.74) is 14.6. The molecule has 0 bridgehead atoms. The van der Waals surface area contributed by atoms with Gasteiger partial charge >= 0.3 is 21.1 Å². The maximum absolute atomic E-state index is 6.79. The molecular formula is C48H34N2OPt. The van der Waals surface area contributed by atoms with Gasteiger partial charge in [-0.25, -0.2) is 0 Å². The molecule has 0 radical (unpaired) electrons. The van der Waals surface area contributed by atoms with Crippen molar-refractivity contribution in [3.05, 3.63) is 203 Å². The van der Waals surface area contributed by atoms with Gasteiger partial charge in [-0.15, -0.1) is 29.3 Å². The van der Waals surface area contributed by atoms with Crippen LogP contribution in [0.3, 0.4) is 0 Å². The fraction of sp³-hybridized carbons (Fsp3) is 0.0833. The van der Waals surface area contributed by atoms with Crippen LogP contribution in [0.25, 0.3) is 44.4 Å². The third-order valence-corrected chi connectivity index (χ3v) is 10.1. The van der Waals surface area contributed by atoms with E-state index >= 15 is 0 Å². The smallest absolute Gasteiger partial charge is 0.503 e. The third kappa shape index (κ3) is 5.57. The van der Waals surface area contributed by atoms with Gasteiger partial charge in [0.2, 0.25) is 0 Å². The van der Waals surface area contributed by atoms with E-state index in [2.05, 4.69) is 148 Å². The van der Waals surface area contributed by atoms with E-state index in [1.54, 1.807) is 0 Å². The number of aryl methyl sites for hydroxylation is 3. The SMILES string of the molecule is Cc1cc(C)c(-c2cc(Oc3[c-]c(C4(c5ccccn5)c5ccccc5-c5ccccc54)ccc3)[c-]c(-c3ccc4ccccc4n3)c2)c(C)c1.[Pt+2]. The van der Waals surface area contributed by atoms with Crippen molar-refractivity contribution in [1.82, 2.24) is 9.97 Å². The van der Waals surface area contributed by atoms with E-state index in [1.807, 2.05) is 36.5 Å². The Hall–Kier alpha value is -5.63. The molecule has 1 aliphatic rings. The van der Waals surface area contributed by atoms with Gasteiger partial charge in [-0.2, -0.15) is 12.1 Å². The molecule has 4 heteroatoms. The minimum Gasteiger partial charge on any atom is -0.503 e. The number of nitrogens with zero attached hydrogens (tertiary/aromatic N) is 2. The van der Waals surface area contributed by atoms with Crippen molar-refractivity contribution in [2.24, 2.45) is 0 Å². The summed E-state index contributed by atoms with van der Waals surface area (Å²) in [6.45, 7) is 6.49. The third-order valence-electron chi connectivity index (χ3n) is 10.1. The first kappa shape index (κ1) is 33.5. The Morgan fingerprint density at radius 3 is 2.02 bits per heavy atom. The van der Waals surface area contributed by atoms with Crippen molar-refractivity contribution in [2.45, 2.75) is 26.2 Å². The van der Waals surface area contributed by atoms with Gasteiger partial charge < -0.3 is 4.74 Å². The summed E-state index contributed by atoms with van der Waals surface area (Å²) < 4.78 is 6.79. The van der Waals surface area contributed by atoms with Gasteiger partial charge in [0, 0.05) is 17.7 Å². The van der Waals surface area contributed by atoms with Crippen LogP contribution < -0.4 is 4.74 Å². The van der Waals surface area contributed by atoms with Gasteiger partial charge in [-0.05, 0) is 89.0 Å². The molecule has 3 nitrogen and oxygen atoms in total. The first-order valence-corrected chi connectivity index (χ1v) is 17.3. The number of para-hydroxylation sites is 1. The normalized spacial score (nSPS) is 12.5. The topological polar surface area (TPSA) is 35.0 Å². The molecule has 0 unspecified atom stereocenters. The van der Waals surface area contributed by atoms with Crippen molar-refractivity contribution in [1.29, 1.82) is 0 Å². The predicted octanol–water partition coefficient (Wildman–Crippen LogP) is 11.6. The number of hydrogen-bond donors (Lipinski definition) is 0. The van der Waals surface area contributed by atoms with Crippen molar-refractivity contribution >= 4 is 10.9 Å². The molecule has 252 valence electrons. The van der Waals surface area contributed by atoms with E-state index in [1.165, 1.54) is 44.5 Å². The number of benzene rings is 6. The van der Waals surface area contributed by atoms with E-state index in [-0.39, 0.29) is 21.1 Å². The summed E-state index contributed by atoms with van der Waals surface area (Å²) in [5, 5.41) is 1.10. The van der Waals surface area contributed by atoms with Crippen molar-refractivity contribution in [3.63, 3.8) is 0 Å². The van der Waals surface area contributed by atoms with Gasteiger partial charge in [0.1, 0.15) is 0 Å². The van der Waals surface area contributed by atoms with E-state index < -0.39 is 5.41 Å². The first-order chi connectivity index (χ1) is 25.0. The minimum atomic E-state index is -0.671. The van der Waals surface area contributed by atoms with Crippen molar-refractivity contribution < 1.29 is 25.8 Å². The molecule has 0 saturated heterocycles. The zero-order valence-electron chi connectivity index (χ0n) is 29.1. The summed E-state index contributed by atoms with van der Waals surface area (Å²) in [6, 6.07) is 58.0. The van der Waals surface area contributed by atoms with Crippen LogP contribution in [0, 0.1) is 32.9 Å². The molecule has 52 heavy (non-hydrogen) atoms. The number of hydrogen-bond acceptors (Lipinski definition) is 3. The Kier molecular flexibility index (Phi) is 8.69. The Balaban J connectivity index is 0.00000387. The van der Waals surface area contributed by atoms with Gasteiger partial charge in [-0.1, -0.05) is 120 Å². The molecule has 2 heterocycles. The summed E-state index contributed by atoms with van der Waals surface area (Å²) in [4.78, 5) is 10.0. The van der Waals surface area contributed by atoms with Gasteiger partial charge in [0.15, 0.2) is 0 Å². The molecule has 1 aliphatic carbocycles. The maximum Gasteiger partial charge on any atom is 2.00 e. The molecule has 6 aromatic carbocycles. The van der Waals surface area contributed by atoms with E-state index in [4.69, 9.17) is 14.7 Å². The molecule has 9 rings (SSSR count). The zero-order chi connectivity index (χ0) is 34.5. The standard InChI is InChI=1S/C48H34N2O.Pt/c1-31-25-32(2)47(33(3)26-31)36-27-35(45-23-22-34-13-4-9-20-44(34)50-45)28-39(29-36)51-38-15-12-14-37(30-38)48(46-21-10-11-24-49-46)42-18-7-5-16-40(42)41-17-6-8-19-43(41)48;/h4-27,29H,1-3H3;/q-2;+2. The van der Waals surface area contributed by atoms with Crippen LogP contribution in [0.4, 0.5) is 0 Å². The largest absolute Gasteiger partial charge is 2.00 e. The maximum atomic E-state index is 6.79. The fourth-order valence-corrected chi connectivity index (χ4v) is 8.10. The molecule has 0 amide bonds. The molecule has 0 N–H and O–H groups in total. The van der Waals surface area contributed by atoms with Crippen LogP contribution >= 0.6 is 0 Å². The number of ether oxygens (including phenoxy) is 1. The second kappa shape index (κ2) is 13.5. The number of pyridine rings is 2. The average molecular weight is 850 g/mol. The summed E-state index contributed by atoms with van der Waals surface area (Å²) in [5.74, 6) is 1.21. The number of rotatable bonds is 6. The average Bonchev–Trinajstić information content (AvgIpc) is 3.46. The second-order valence-electron chi connectivity index (χ2n) is 13.4. The zero-order valence-corrected chi connectivity index (χ0v) is 31.3.